The maximum atomic E-state index is 2.23. The van der Waals surface area contributed by atoms with Gasteiger partial charge in [-0.3, -0.25) is 0 Å². The molecule has 0 aliphatic heterocycles. The van der Waals surface area contributed by atoms with Crippen molar-refractivity contribution < 1.29 is 15.0 Å². The summed E-state index contributed by atoms with van der Waals surface area (Å²) >= 11 is 1.17. The van der Waals surface area contributed by atoms with E-state index in [4.69, 9.17) is 0 Å². The van der Waals surface area contributed by atoms with Gasteiger partial charge in [-0.2, -0.15) is 0 Å². The first-order chi connectivity index (χ1) is 2.41. The van der Waals surface area contributed by atoms with Crippen LogP contribution in [0, 0.1) is 0 Å². The monoisotopic (exact) mass is 113 g/mol. The number of hydrogen-bond donors (Lipinski definition) is 0. The Bertz CT molecular complexity index is 11.1. The molecule has 0 heterocycles. The molecule has 0 atom stereocenters. The van der Waals surface area contributed by atoms with E-state index in [0.29, 0.717) is 0 Å². The van der Waals surface area contributed by atoms with E-state index in [2.05, 4.69) is 13.8 Å². The van der Waals surface area contributed by atoms with Crippen LogP contribution in [0.5, 0.6) is 0 Å². The van der Waals surface area contributed by atoms with Crippen molar-refractivity contribution in [1.29, 1.82) is 0 Å². The summed E-state index contributed by atoms with van der Waals surface area (Å²) in [7, 11) is 0. The zero-order chi connectivity index (χ0) is 4.12. The van der Waals surface area contributed by atoms with E-state index < -0.39 is 0 Å². The van der Waals surface area contributed by atoms with Crippen molar-refractivity contribution in [2.24, 2.45) is 0 Å². The zero-order valence-corrected chi connectivity index (χ0v) is 4.97. The van der Waals surface area contributed by atoms with Gasteiger partial charge in [0.15, 0.2) is 0 Å². The number of hydrogen-bond acceptors (Lipinski definition) is 0. The second kappa shape index (κ2) is 4.52. The molecule has 0 aromatic carbocycles. The first-order valence-corrected chi connectivity index (χ1v) is 3.62. The fraction of sp³-hybridized carbons (Fsp3) is 1.00. The van der Waals surface area contributed by atoms with Crippen molar-refractivity contribution in [3.63, 3.8) is 0 Å². The van der Waals surface area contributed by atoms with Gasteiger partial charge in [0.2, 0.25) is 0 Å². The molecule has 33 valence electrons. The summed E-state index contributed by atoms with van der Waals surface area (Å²) in [5.41, 5.74) is 0. The molecule has 1 heteroatoms. The number of rotatable bonds is 2. The quantitative estimate of drug-likeness (QED) is 0.480. The van der Waals surface area contributed by atoms with E-state index >= 15 is 0 Å². The third-order valence-electron chi connectivity index (χ3n) is 0.378. The van der Waals surface area contributed by atoms with E-state index in [1.807, 2.05) is 0 Å². The van der Waals surface area contributed by atoms with Crippen LogP contribution in [0.2, 0.25) is 10.6 Å². The fourth-order valence-corrected chi connectivity index (χ4v) is 0.779. The van der Waals surface area contributed by atoms with Crippen LogP contribution >= 0.6 is 0 Å². The predicted molar refractivity (Wildman–Crippen MR) is 21.0 cm³/mol. The van der Waals surface area contributed by atoms with Gasteiger partial charge < -0.3 is 0 Å². The Kier molecular flexibility index (Phi) is 4.99. The average Bonchev–Trinajstić information content (AvgIpc) is 1.41. The van der Waals surface area contributed by atoms with Gasteiger partial charge >= 0.3 is 39.4 Å². The van der Waals surface area contributed by atoms with Crippen LogP contribution in [0.15, 0.2) is 0 Å². The second-order valence-corrected chi connectivity index (χ2v) is 2.98. The van der Waals surface area contributed by atoms with Gasteiger partial charge in [-0.25, -0.2) is 0 Å². The molecule has 0 aromatic heterocycles. The third kappa shape index (κ3) is 4.52. The van der Waals surface area contributed by atoms with Crippen LogP contribution < -0.4 is 0 Å². The van der Waals surface area contributed by atoms with Crippen LogP contribution in [0.3, 0.4) is 0 Å². The van der Waals surface area contributed by atoms with Crippen molar-refractivity contribution in [3.05, 3.63) is 0 Å². The molecule has 0 bridgehead atoms. The van der Waals surface area contributed by atoms with Crippen molar-refractivity contribution >= 4 is 0 Å². The standard InChI is InChI=1S/2C2H5.Mn/c2*1-2;/h2*1H2,2H3;. The summed E-state index contributed by atoms with van der Waals surface area (Å²) in [6.07, 6.45) is 0. The molecule has 0 saturated heterocycles. The first kappa shape index (κ1) is 5.52. The normalized spacial score (nSPS) is 8.40. The van der Waals surface area contributed by atoms with E-state index in [9.17, 15) is 0 Å². The summed E-state index contributed by atoms with van der Waals surface area (Å²) in [5.74, 6) is 0. The molecule has 0 aromatic rings. The zero-order valence-electron chi connectivity index (χ0n) is 3.79. The van der Waals surface area contributed by atoms with Crippen LogP contribution in [0.4, 0.5) is 0 Å². The van der Waals surface area contributed by atoms with E-state index in [1.165, 1.54) is 25.6 Å². The van der Waals surface area contributed by atoms with Crippen molar-refractivity contribution in [3.8, 4) is 0 Å². The molecule has 0 aliphatic rings. The van der Waals surface area contributed by atoms with E-state index in [1.54, 1.807) is 0 Å². The predicted octanol–water partition coefficient (Wildman–Crippen LogP) is 1.95. The average molecular weight is 113 g/mol. The molecule has 0 radical (unpaired) electrons. The Balaban J connectivity index is 2.19. The molecule has 5 heavy (non-hydrogen) atoms. The van der Waals surface area contributed by atoms with Crippen LogP contribution in [0.25, 0.3) is 0 Å². The van der Waals surface area contributed by atoms with Crippen LogP contribution in [0.1, 0.15) is 13.8 Å². The van der Waals surface area contributed by atoms with Gasteiger partial charge in [-0.1, -0.05) is 0 Å². The van der Waals surface area contributed by atoms with Crippen molar-refractivity contribution in [2.45, 2.75) is 24.5 Å². The van der Waals surface area contributed by atoms with Crippen LogP contribution in [-0.4, -0.2) is 0 Å². The molecule has 0 saturated carbocycles. The molecular formula is C4H10Mn. The van der Waals surface area contributed by atoms with Gasteiger partial charge in [-0.15, -0.1) is 0 Å². The van der Waals surface area contributed by atoms with E-state index in [0.717, 1.165) is 0 Å². The maximum absolute atomic E-state index is 2.23. The Morgan fingerprint density at radius 2 is 1.60 bits per heavy atom. The molecule has 0 spiro atoms. The van der Waals surface area contributed by atoms with Gasteiger partial charge in [0, 0.05) is 0 Å². The summed E-state index contributed by atoms with van der Waals surface area (Å²) in [6, 6.07) is 0. The molecule has 0 aliphatic carbocycles. The van der Waals surface area contributed by atoms with Gasteiger partial charge in [0.25, 0.3) is 0 Å². The molecule has 0 N–H and O–H groups in total. The molecule has 0 amide bonds. The molecule has 0 fully saturated rings. The van der Waals surface area contributed by atoms with Crippen molar-refractivity contribution in [1.82, 2.24) is 0 Å². The fourth-order valence-electron chi connectivity index (χ4n) is 0.189. The minimum atomic E-state index is 1.17. The SMILES string of the molecule is C[CH2][Mn][CH2]C. The summed E-state index contributed by atoms with van der Waals surface area (Å²) in [5, 5.41) is 2.75. The minimum absolute atomic E-state index is 1.17. The molecular weight excluding hydrogens is 103 g/mol. The summed E-state index contributed by atoms with van der Waals surface area (Å²) < 4.78 is 0. The van der Waals surface area contributed by atoms with Gasteiger partial charge in [0.1, 0.15) is 0 Å². The van der Waals surface area contributed by atoms with E-state index in [-0.39, 0.29) is 0 Å². The summed E-state index contributed by atoms with van der Waals surface area (Å²) in [6.45, 7) is 4.45. The van der Waals surface area contributed by atoms with Gasteiger partial charge in [0.05, 0.1) is 0 Å². The first-order valence-electron chi connectivity index (χ1n) is 1.95. The molecule has 0 nitrogen and oxygen atoms in total. The summed E-state index contributed by atoms with van der Waals surface area (Å²) in [4.78, 5) is 0. The topological polar surface area (TPSA) is 0 Å². The Labute approximate surface area is 40.1 Å². The van der Waals surface area contributed by atoms with Gasteiger partial charge in [-0.05, 0) is 0 Å². The third-order valence-corrected chi connectivity index (χ3v) is 1.56. The Morgan fingerprint density at radius 3 is 1.60 bits per heavy atom. The van der Waals surface area contributed by atoms with Crippen LogP contribution in [-0.2, 0) is 15.0 Å². The van der Waals surface area contributed by atoms with Crippen molar-refractivity contribution in [2.75, 3.05) is 0 Å². The molecule has 0 unspecified atom stereocenters. The Hall–Kier alpha value is 0.519. The Morgan fingerprint density at radius 1 is 1.20 bits per heavy atom. The molecule has 0 rings (SSSR count). The second-order valence-electron chi connectivity index (χ2n) is 0.724.